The Kier molecular flexibility index (Phi) is 3.19. The van der Waals surface area contributed by atoms with E-state index in [9.17, 15) is 4.79 Å². The molecule has 7 heteroatoms. The van der Waals surface area contributed by atoms with Crippen molar-refractivity contribution in [3.63, 3.8) is 0 Å². The molecule has 25 heavy (non-hydrogen) atoms. The second kappa shape index (κ2) is 5.54. The molecule has 0 unspecified atom stereocenters. The Morgan fingerprint density at radius 1 is 1.24 bits per heavy atom. The number of nitrogens with zero attached hydrogens (tertiary/aromatic N) is 5. The van der Waals surface area contributed by atoms with Gasteiger partial charge in [0.05, 0.1) is 6.61 Å². The third-order valence-corrected chi connectivity index (χ3v) is 4.75. The van der Waals surface area contributed by atoms with Crippen LogP contribution in [0.5, 0.6) is 5.88 Å². The summed E-state index contributed by atoms with van der Waals surface area (Å²) in [5.74, 6) is 0.633. The van der Waals surface area contributed by atoms with Gasteiger partial charge in [0.2, 0.25) is 5.88 Å². The first-order valence-electron chi connectivity index (χ1n) is 8.51. The lowest BCUT2D eigenvalue weighted by atomic mass is 10.0. The highest BCUT2D eigenvalue weighted by atomic mass is 16.5. The van der Waals surface area contributed by atoms with Crippen molar-refractivity contribution in [3.8, 4) is 5.88 Å². The number of hydrogen-bond acceptors (Lipinski definition) is 5. The number of rotatable bonds is 1. The minimum Gasteiger partial charge on any atom is -0.478 e. The van der Waals surface area contributed by atoms with Crippen LogP contribution in [0, 0.1) is 0 Å². The number of hydrogen-bond donors (Lipinski definition) is 0. The molecule has 126 valence electrons. The highest BCUT2D eigenvalue weighted by Crippen LogP contribution is 2.24. The Morgan fingerprint density at radius 2 is 2.20 bits per heavy atom. The molecule has 7 nitrogen and oxygen atoms in total. The molecule has 2 aliphatic rings. The van der Waals surface area contributed by atoms with Crippen molar-refractivity contribution >= 4 is 16.9 Å². The van der Waals surface area contributed by atoms with E-state index in [1.54, 1.807) is 16.9 Å². The lowest BCUT2D eigenvalue weighted by Crippen LogP contribution is -2.36. The quantitative estimate of drug-likeness (QED) is 0.678. The smallest absolute Gasteiger partial charge is 0.274 e. The van der Waals surface area contributed by atoms with E-state index in [1.807, 2.05) is 17.0 Å². The minimum atomic E-state index is -0.0533. The number of pyridine rings is 2. The summed E-state index contributed by atoms with van der Waals surface area (Å²) in [4.78, 5) is 23.6. The molecule has 0 aliphatic carbocycles. The standard InChI is InChI=1S/C18H17N5O2/c24-18(15-10-16-23(21-15)6-2-8-25-16)22-7-4-14-13(11-22)9-12-3-1-5-19-17(12)20-14/h1,3,5,9-10H,2,4,6-8,11H2. The average Bonchev–Trinajstić information content (AvgIpc) is 3.09. The maximum atomic E-state index is 12.9. The van der Waals surface area contributed by atoms with Gasteiger partial charge in [0, 0.05) is 55.8 Å². The number of aryl methyl sites for hydroxylation is 1. The van der Waals surface area contributed by atoms with E-state index >= 15 is 0 Å². The van der Waals surface area contributed by atoms with Gasteiger partial charge in [-0.1, -0.05) is 0 Å². The molecule has 0 saturated carbocycles. The zero-order chi connectivity index (χ0) is 16.8. The zero-order valence-electron chi connectivity index (χ0n) is 13.7. The van der Waals surface area contributed by atoms with Crippen LogP contribution in [0.25, 0.3) is 11.0 Å². The van der Waals surface area contributed by atoms with Gasteiger partial charge in [-0.15, -0.1) is 0 Å². The normalized spacial score (nSPS) is 16.2. The van der Waals surface area contributed by atoms with E-state index in [0.29, 0.717) is 31.3 Å². The van der Waals surface area contributed by atoms with Crippen LogP contribution in [-0.4, -0.2) is 43.7 Å². The first-order chi connectivity index (χ1) is 12.3. The van der Waals surface area contributed by atoms with Gasteiger partial charge in [-0.3, -0.25) is 4.79 Å². The Hall–Kier alpha value is -2.96. The molecule has 5 rings (SSSR count). The van der Waals surface area contributed by atoms with E-state index < -0.39 is 0 Å². The fourth-order valence-electron chi connectivity index (χ4n) is 3.47. The number of carbonyl (C=O) groups is 1. The fraction of sp³-hybridized carbons (Fsp3) is 0.333. The Labute approximate surface area is 144 Å². The molecule has 0 radical (unpaired) electrons. The lowest BCUT2D eigenvalue weighted by Gasteiger charge is -2.27. The van der Waals surface area contributed by atoms with Gasteiger partial charge in [-0.25, -0.2) is 14.6 Å². The average molecular weight is 335 g/mol. The summed E-state index contributed by atoms with van der Waals surface area (Å²) >= 11 is 0. The third-order valence-electron chi connectivity index (χ3n) is 4.75. The summed E-state index contributed by atoms with van der Waals surface area (Å²) in [6.45, 7) is 2.67. The molecule has 0 saturated heterocycles. The fourth-order valence-corrected chi connectivity index (χ4v) is 3.47. The van der Waals surface area contributed by atoms with E-state index in [-0.39, 0.29) is 5.91 Å². The lowest BCUT2D eigenvalue weighted by molar-refractivity contribution is 0.0726. The van der Waals surface area contributed by atoms with Gasteiger partial charge >= 0.3 is 0 Å². The van der Waals surface area contributed by atoms with Crippen molar-refractivity contribution in [1.82, 2.24) is 24.6 Å². The molecular weight excluding hydrogens is 318 g/mol. The summed E-state index contributed by atoms with van der Waals surface area (Å²) in [5, 5.41) is 5.41. The summed E-state index contributed by atoms with van der Waals surface area (Å²) in [5.41, 5.74) is 3.33. The highest BCUT2D eigenvalue weighted by molar-refractivity contribution is 5.93. The first-order valence-corrected chi connectivity index (χ1v) is 8.51. The van der Waals surface area contributed by atoms with Crippen LogP contribution in [0.15, 0.2) is 30.5 Å². The minimum absolute atomic E-state index is 0.0533. The molecule has 0 N–H and O–H groups in total. The molecule has 1 amide bonds. The molecule has 3 aromatic heterocycles. The second-order valence-corrected chi connectivity index (χ2v) is 6.41. The molecule has 3 aromatic rings. The predicted octanol–water partition coefficient (Wildman–Crippen LogP) is 1.81. The topological polar surface area (TPSA) is 73.1 Å². The van der Waals surface area contributed by atoms with Crippen molar-refractivity contribution in [2.24, 2.45) is 0 Å². The van der Waals surface area contributed by atoms with Crippen molar-refractivity contribution in [3.05, 3.63) is 47.4 Å². The number of carbonyl (C=O) groups excluding carboxylic acids is 1. The van der Waals surface area contributed by atoms with Gasteiger partial charge < -0.3 is 9.64 Å². The second-order valence-electron chi connectivity index (χ2n) is 6.41. The van der Waals surface area contributed by atoms with Gasteiger partial charge in [0.1, 0.15) is 0 Å². The number of fused-ring (bicyclic) bond motifs is 3. The van der Waals surface area contributed by atoms with Crippen molar-refractivity contribution in [2.45, 2.75) is 25.9 Å². The van der Waals surface area contributed by atoms with Gasteiger partial charge in [0.25, 0.3) is 5.91 Å². The van der Waals surface area contributed by atoms with Crippen LogP contribution in [0.1, 0.15) is 28.2 Å². The van der Waals surface area contributed by atoms with Gasteiger partial charge in [-0.05, 0) is 23.8 Å². The van der Waals surface area contributed by atoms with Crippen molar-refractivity contribution < 1.29 is 9.53 Å². The van der Waals surface area contributed by atoms with Crippen LogP contribution in [0.3, 0.4) is 0 Å². The first kappa shape index (κ1) is 14.4. The number of amides is 1. The zero-order valence-corrected chi connectivity index (χ0v) is 13.7. The number of aromatic nitrogens is 4. The Bertz CT molecular complexity index is 957. The van der Waals surface area contributed by atoms with Crippen molar-refractivity contribution in [2.75, 3.05) is 13.2 Å². The third kappa shape index (κ3) is 2.43. The Balaban J connectivity index is 1.43. The number of ether oxygens (including phenoxy) is 1. The van der Waals surface area contributed by atoms with Crippen LogP contribution < -0.4 is 4.74 Å². The summed E-state index contributed by atoms with van der Waals surface area (Å²) in [6, 6.07) is 7.74. The monoisotopic (exact) mass is 335 g/mol. The molecule has 0 spiro atoms. The van der Waals surface area contributed by atoms with Gasteiger partial charge in [0.15, 0.2) is 11.3 Å². The molecule has 0 atom stereocenters. The Morgan fingerprint density at radius 3 is 3.12 bits per heavy atom. The van der Waals surface area contributed by atoms with Crippen LogP contribution in [0.4, 0.5) is 0 Å². The van der Waals surface area contributed by atoms with E-state index in [2.05, 4.69) is 21.1 Å². The van der Waals surface area contributed by atoms with Crippen LogP contribution in [0.2, 0.25) is 0 Å². The van der Waals surface area contributed by atoms with E-state index in [0.717, 1.165) is 41.7 Å². The summed E-state index contributed by atoms with van der Waals surface area (Å²) in [6.07, 6.45) is 3.41. The van der Waals surface area contributed by atoms with Crippen LogP contribution in [-0.2, 0) is 19.5 Å². The maximum absolute atomic E-state index is 12.9. The van der Waals surface area contributed by atoms with Gasteiger partial charge in [-0.2, -0.15) is 5.10 Å². The molecule has 0 bridgehead atoms. The SMILES string of the molecule is O=C(c1cc2n(n1)CCCO2)N1CCc2nc3ncccc3cc2C1. The largest absolute Gasteiger partial charge is 0.478 e. The maximum Gasteiger partial charge on any atom is 0.274 e. The van der Waals surface area contributed by atoms with Crippen molar-refractivity contribution in [1.29, 1.82) is 0 Å². The highest BCUT2D eigenvalue weighted by Gasteiger charge is 2.26. The molecule has 2 aliphatic heterocycles. The van der Waals surface area contributed by atoms with Crippen LogP contribution >= 0.6 is 0 Å². The molecular formula is C18H17N5O2. The van der Waals surface area contributed by atoms with E-state index in [4.69, 9.17) is 4.74 Å². The predicted molar refractivity (Wildman–Crippen MR) is 90.3 cm³/mol. The summed E-state index contributed by atoms with van der Waals surface area (Å²) in [7, 11) is 0. The molecule has 5 heterocycles. The molecule has 0 aromatic carbocycles. The molecule has 0 fully saturated rings. The summed E-state index contributed by atoms with van der Waals surface area (Å²) < 4.78 is 7.33. The van der Waals surface area contributed by atoms with E-state index in [1.165, 1.54) is 0 Å².